The summed E-state index contributed by atoms with van der Waals surface area (Å²) >= 11 is 5.99. The van der Waals surface area contributed by atoms with Gasteiger partial charge >= 0.3 is 5.97 Å². The summed E-state index contributed by atoms with van der Waals surface area (Å²) < 4.78 is 35.4. The van der Waals surface area contributed by atoms with Gasteiger partial charge in [0.05, 0.1) is 35.3 Å². The van der Waals surface area contributed by atoms with Gasteiger partial charge in [-0.25, -0.2) is 13.2 Å². The average Bonchev–Trinajstić information content (AvgIpc) is 2.71. The lowest BCUT2D eigenvalue weighted by Gasteiger charge is -2.15. The summed E-state index contributed by atoms with van der Waals surface area (Å²) in [6, 6.07) is 10.0. The third-order valence-electron chi connectivity index (χ3n) is 3.79. The third kappa shape index (κ3) is 4.68. The number of hydrogen-bond acceptors (Lipinski definition) is 7. The summed E-state index contributed by atoms with van der Waals surface area (Å²) in [7, 11) is -0.177. The predicted octanol–water partition coefficient (Wildman–Crippen LogP) is 2.57. The second-order valence-electron chi connectivity index (χ2n) is 5.44. The Labute approximate surface area is 167 Å². The Morgan fingerprint density at radius 1 is 1.07 bits per heavy atom. The van der Waals surface area contributed by atoms with Gasteiger partial charge in [-0.3, -0.25) is 9.63 Å². The van der Waals surface area contributed by atoms with Crippen molar-refractivity contribution in [1.29, 1.82) is 0 Å². The minimum absolute atomic E-state index is 0.0197. The maximum atomic E-state index is 12.3. The van der Waals surface area contributed by atoms with Crippen LogP contribution in [-0.4, -0.2) is 52.5 Å². The first-order valence-electron chi connectivity index (χ1n) is 7.88. The highest BCUT2D eigenvalue weighted by Gasteiger charge is 2.24. The van der Waals surface area contributed by atoms with Crippen molar-refractivity contribution in [3.8, 4) is 5.75 Å². The number of rotatable bonds is 8. The smallest absolute Gasteiger partial charge is 0.340 e. The summed E-state index contributed by atoms with van der Waals surface area (Å²) in [6.07, 6.45) is 0. The van der Waals surface area contributed by atoms with Gasteiger partial charge < -0.3 is 9.47 Å². The van der Waals surface area contributed by atoms with Gasteiger partial charge in [-0.1, -0.05) is 28.2 Å². The Morgan fingerprint density at radius 2 is 1.75 bits per heavy atom. The van der Waals surface area contributed by atoms with Crippen LogP contribution in [0.25, 0.3) is 0 Å². The summed E-state index contributed by atoms with van der Waals surface area (Å²) in [5, 5.41) is -0.0197. The maximum Gasteiger partial charge on any atom is 0.340 e. The van der Waals surface area contributed by atoms with E-state index in [2.05, 4.69) is 4.84 Å². The van der Waals surface area contributed by atoms with E-state index in [0.717, 1.165) is 6.07 Å². The molecule has 0 aliphatic rings. The molecule has 0 aliphatic carbocycles. The molecule has 2 aromatic carbocycles. The number of nitrogens with zero attached hydrogens (tertiary/aromatic N) is 1. The van der Waals surface area contributed by atoms with Gasteiger partial charge in [0.1, 0.15) is 5.75 Å². The summed E-state index contributed by atoms with van der Waals surface area (Å²) in [6.45, 7) is -0.565. The van der Waals surface area contributed by atoms with Crippen molar-refractivity contribution >= 4 is 33.4 Å². The van der Waals surface area contributed by atoms with Crippen LogP contribution in [0.2, 0.25) is 5.02 Å². The van der Waals surface area contributed by atoms with Crippen molar-refractivity contribution in [2.75, 3.05) is 27.9 Å². The first kappa shape index (κ1) is 21.8. The normalized spacial score (nSPS) is 11.3. The van der Waals surface area contributed by atoms with E-state index in [4.69, 9.17) is 21.1 Å². The number of ether oxygens (including phenoxy) is 2. The number of Topliss-reactive ketones (excluding diaryl/α,β-unsaturated/α-hetero) is 1. The van der Waals surface area contributed by atoms with Gasteiger partial charge in [-0.2, -0.15) is 0 Å². The second kappa shape index (κ2) is 9.16. The molecule has 0 radical (unpaired) electrons. The van der Waals surface area contributed by atoms with Crippen molar-refractivity contribution in [1.82, 2.24) is 4.47 Å². The van der Waals surface area contributed by atoms with E-state index in [0.29, 0.717) is 10.2 Å². The zero-order valence-corrected chi connectivity index (χ0v) is 16.9. The Morgan fingerprint density at radius 3 is 2.39 bits per heavy atom. The molecule has 0 saturated carbocycles. The molecule has 0 atom stereocenters. The van der Waals surface area contributed by atoms with Crippen molar-refractivity contribution in [2.24, 2.45) is 0 Å². The second-order valence-corrected chi connectivity index (χ2v) is 7.78. The van der Waals surface area contributed by atoms with Gasteiger partial charge in [-0.05, 0) is 30.3 Å². The Kier molecular flexibility index (Phi) is 7.14. The molecule has 0 heterocycles. The zero-order valence-electron chi connectivity index (χ0n) is 15.3. The number of sulfonamides is 1. The highest BCUT2D eigenvalue weighted by atomic mass is 35.5. The number of hydroxylamine groups is 1. The van der Waals surface area contributed by atoms with Crippen LogP contribution in [0.4, 0.5) is 0 Å². The van der Waals surface area contributed by atoms with E-state index in [1.165, 1.54) is 39.5 Å². The van der Waals surface area contributed by atoms with Gasteiger partial charge in [0, 0.05) is 7.05 Å². The minimum Gasteiger partial charge on any atom is -0.496 e. The zero-order chi connectivity index (χ0) is 20.9. The molecule has 0 fully saturated rings. The number of methoxy groups -OCH3 is 1. The highest BCUT2D eigenvalue weighted by Crippen LogP contribution is 2.24. The Hall–Kier alpha value is -2.46. The number of carbonyl (C=O) groups is 2. The van der Waals surface area contributed by atoms with Crippen LogP contribution in [0.1, 0.15) is 20.7 Å². The fourth-order valence-electron chi connectivity index (χ4n) is 2.23. The van der Waals surface area contributed by atoms with Gasteiger partial charge in [-0.15, -0.1) is 0 Å². The number of ketones is 1. The van der Waals surface area contributed by atoms with Crippen molar-refractivity contribution in [3.05, 3.63) is 58.6 Å². The van der Waals surface area contributed by atoms with Crippen LogP contribution >= 0.6 is 11.6 Å². The van der Waals surface area contributed by atoms with E-state index >= 15 is 0 Å². The number of hydrogen-bond donors (Lipinski definition) is 0. The lowest BCUT2D eigenvalue weighted by Crippen LogP contribution is -2.26. The lowest BCUT2D eigenvalue weighted by molar-refractivity contribution is -0.0258. The van der Waals surface area contributed by atoms with Crippen LogP contribution < -0.4 is 4.74 Å². The molecular weight excluding hydrogens is 410 g/mol. The van der Waals surface area contributed by atoms with Crippen LogP contribution in [0.15, 0.2) is 47.4 Å². The number of carbonyl (C=O) groups excluding carboxylic acids is 2. The van der Waals surface area contributed by atoms with E-state index in [1.807, 2.05) is 0 Å². The summed E-state index contributed by atoms with van der Waals surface area (Å²) in [5.41, 5.74) is 0.0574. The third-order valence-corrected chi connectivity index (χ3v) is 5.80. The van der Waals surface area contributed by atoms with Crippen LogP contribution in [0, 0.1) is 0 Å². The molecule has 0 aromatic heterocycles. The van der Waals surface area contributed by atoms with Crippen molar-refractivity contribution < 1.29 is 32.3 Å². The monoisotopic (exact) mass is 427 g/mol. The largest absolute Gasteiger partial charge is 0.496 e. The van der Waals surface area contributed by atoms with E-state index in [1.54, 1.807) is 18.2 Å². The molecule has 0 aliphatic heterocycles. The topological polar surface area (TPSA) is 99.2 Å². The lowest BCUT2D eigenvalue weighted by atomic mass is 10.1. The number of esters is 1. The van der Waals surface area contributed by atoms with Crippen LogP contribution in [0.3, 0.4) is 0 Å². The Balaban J connectivity index is 2.21. The SMILES string of the molecule is COc1ccccc1C(=O)COC(=O)c1cc(S(=O)(=O)N(C)OC)ccc1Cl. The molecule has 0 amide bonds. The molecule has 2 aromatic rings. The van der Waals surface area contributed by atoms with E-state index in [-0.39, 0.29) is 21.0 Å². The minimum atomic E-state index is -3.98. The molecule has 10 heteroatoms. The maximum absolute atomic E-state index is 12.3. The predicted molar refractivity (Wildman–Crippen MR) is 101 cm³/mol. The first-order valence-corrected chi connectivity index (χ1v) is 9.70. The molecule has 0 bridgehead atoms. The first-order chi connectivity index (χ1) is 13.2. The molecule has 150 valence electrons. The van der Waals surface area contributed by atoms with Crippen LogP contribution in [-0.2, 0) is 19.6 Å². The number of para-hydroxylation sites is 1. The average molecular weight is 428 g/mol. The van der Waals surface area contributed by atoms with Gasteiger partial charge in [0.15, 0.2) is 6.61 Å². The van der Waals surface area contributed by atoms with Crippen LogP contribution in [0.5, 0.6) is 5.75 Å². The fourth-order valence-corrected chi connectivity index (χ4v) is 3.42. The summed E-state index contributed by atoms with van der Waals surface area (Å²) in [5.74, 6) is -1.08. The molecule has 0 N–H and O–H groups in total. The molecule has 0 saturated heterocycles. The van der Waals surface area contributed by atoms with Gasteiger partial charge in [0.25, 0.3) is 10.0 Å². The fraction of sp³-hybridized carbons (Fsp3) is 0.222. The standard InChI is InChI=1S/C18H18ClNO7S/c1-20(26-3)28(23,24)12-8-9-15(19)14(10-12)18(22)27-11-16(21)13-6-4-5-7-17(13)25-2/h4-10H,11H2,1-3H3. The Bertz CT molecular complexity index is 991. The molecular formula is C18H18ClNO7S. The van der Waals surface area contributed by atoms with Crippen molar-refractivity contribution in [2.45, 2.75) is 4.90 Å². The molecule has 0 spiro atoms. The van der Waals surface area contributed by atoms with E-state index < -0.39 is 28.4 Å². The molecule has 2 rings (SSSR count). The quantitative estimate of drug-likeness (QED) is 0.362. The highest BCUT2D eigenvalue weighted by molar-refractivity contribution is 7.89. The molecule has 28 heavy (non-hydrogen) atoms. The molecule has 8 nitrogen and oxygen atoms in total. The number of benzene rings is 2. The summed E-state index contributed by atoms with van der Waals surface area (Å²) in [4.78, 5) is 29.1. The van der Waals surface area contributed by atoms with Crippen molar-refractivity contribution in [3.63, 3.8) is 0 Å². The van der Waals surface area contributed by atoms with E-state index in [9.17, 15) is 18.0 Å². The molecule has 0 unspecified atom stereocenters. The van der Waals surface area contributed by atoms with Gasteiger partial charge in [0.2, 0.25) is 5.78 Å². The number of halogens is 1.